The van der Waals surface area contributed by atoms with E-state index in [0.717, 1.165) is 91.6 Å². The van der Waals surface area contributed by atoms with Crippen molar-refractivity contribution in [2.75, 3.05) is 59.3 Å². The van der Waals surface area contributed by atoms with E-state index in [9.17, 15) is 128 Å². The predicted octanol–water partition coefficient (Wildman–Crippen LogP) is 27.4. The highest BCUT2D eigenvalue weighted by Crippen LogP contribution is 2.35. The zero-order valence-electron chi connectivity index (χ0n) is 75.4. The molecule has 0 radical (unpaired) electrons. The van der Waals surface area contributed by atoms with Crippen molar-refractivity contribution >= 4 is 56.1 Å². The summed E-state index contributed by atoms with van der Waals surface area (Å²) in [5, 5.41) is 3.79. The zero-order chi connectivity index (χ0) is 104. The van der Waals surface area contributed by atoms with Crippen LogP contribution in [0, 0.1) is 30.2 Å². The highest BCUT2D eigenvalue weighted by atomic mass is 19.4. The van der Waals surface area contributed by atoms with Crippen LogP contribution < -0.4 is 34.2 Å². The van der Waals surface area contributed by atoms with Crippen molar-refractivity contribution in [2.24, 2.45) is 10.7 Å². The molecule has 10 aromatic carbocycles. The number of aromatic nitrogens is 4. The number of nitrogens with zero attached hydrogens (tertiary/aromatic N) is 2. The number of aromatic amines is 4. The monoisotopic (exact) mass is 2050 g/mol. The molecule has 770 valence electrons. The number of rotatable bonds is 43. The number of carbonyl (C=O) groups is 1. The van der Waals surface area contributed by atoms with E-state index < -0.39 is 120 Å². The number of hydrogen-bond acceptors (Lipinski definition) is 10. The van der Waals surface area contributed by atoms with E-state index in [2.05, 4.69) is 34.4 Å². The number of hydrogen-bond donors (Lipinski definition) is 5. The number of nitrogens with one attached hydrogen (secondary N) is 4. The molecule has 6 N–H and O–H groups in total. The molecule has 14 aromatic rings. The molecule has 143 heavy (non-hydrogen) atoms. The number of unbranched alkanes of at least 4 members (excludes halogenated alkanes) is 1. The van der Waals surface area contributed by atoms with Gasteiger partial charge in [-0.25, -0.2) is 70.2 Å². The van der Waals surface area contributed by atoms with Gasteiger partial charge in [0.05, 0.1) is 0 Å². The smallest absolute Gasteiger partial charge is 0.340 e. The van der Waals surface area contributed by atoms with E-state index in [1.54, 1.807) is 98.3 Å². The fourth-order valence-electron chi connectivity index (χ4n) is 13.4. The average molecular weight is 2050 g/mol. The van der Waals surface area contributed by atoms with Crippen molar-refractivity contribution < 1.29 is 156 Å². The third kappa shape index (κ3) is 36.1. The van der Waals surface area contributed by atoms with Crippen LogP contribution in [0.4, 0.5) is 123 Å². The summed E-state index contributed by atoms with van der Waals surface area (Å²) in [4.78, 5) is 28.7. The van der Waals surface area contributed by atoms with Gasteiger partial charge in [-0.3, -0.25) is 14.7 Å². The second-order valence-electron chi connectivity index (χ2n) is 32.1. The molecule has 4 heterocycles. The molecule has 14 rings (SSSR count). The van der Waals surface area contributed by atoms with Crippen LogP contribution in [0.1, 0.15) is 73.3 Å². The minimum Gasteiger partial charge on any atom is -0.487 e. The highest BCUT2D eigenvalue weighted by Gasteiger charge is 2.46. The van der Waals surface area contributed by atoms with Gasteiger partial charge in [-0.1, -0.05) is 72.8 Å². The van der Waals surface area contributed by atoms with Crippen LogP contribution in [0.2, 0.25) is 0 Å². The lowest BCUT2D eigenvalue weighted by Gasteiger charge is -2.24. The summed E-state index contributed by atoms with van der Waals surface area (Å²) in [6.07, 6.45) is -8.21. The first kappa shape index (κ1) is 113. The lowest BCUT2D eigenvalue weighted by Crippen LogP contribution is -2.33. The van der Waals surface area contributed by atoms with E-state index in [1.807, 2.05) is 23.4 Å². The van der Waals surface area contributed by atoms with Gasteiger partial charge in [0.15, 0.2) is 39.6 Å². The first-order valence-corrected chi connectivity index (χ1v) is 43.4. The summed E-state index contributed by atoms with van der Waals surface area (Å²) in [5.74, 6) is -26.3. The number of aliphatic imine (C=N–C) groups is 1. The molecule has 0 saturated carbocycles. The van der Waals surface area contributed by atoms with Gasteiger partial charge >= 0.3 is 74.1 Å². The Balaban J connectivity index is 0.000000201. The molecule has 0 aliphatic heterocycles. The number of aryl methyl sites for hydroxylation is 3. The maximum absolute atomic E-state index is 13.6. The molecule has 42 heteroatoms. The molecule has 0 amide bonds. The summed E-state index contributed by atoms with van der Waals surface area (Å²) in [5.41, 5.74) is 16.2. The third-order valence-corrected chi connectivity index (χ3v) is 20.8. The molecule has 0 bridgehead atoms. The van der Waals surface area contributed by atoms with Crippen LogP contribution in [-0.2, 0) is 45.2 Å². The number of halogens is 28. The SMILES string of the molecule is Cc1cccc(OCC(F)(F)C(F)F)c1.Fc1ccc2c(CCCCc3cccc(OCC(F)(F)C(F)F)c3)c[nH]c2c1.Fc1ccc2c(CCN(Cc3cccc(OCC(F)(F)C(F)F)c3)Cc3cccc(OCC(F)(F)C(F)F)c3)c[nH]c2c1.Fc1ccc2c(CCN=Cc3cccc(OCC(F)(F)C(F)F)c3)c[nH]c2c1.NCCc1c[nH]c2cc(F)ccc12.O=Cc1cccc(OCC(F)(F)C(F)F)c1. The number of carbonyl (C=O) groups excluding carboxylic acids is 1. The molecular weight excluding hydrogens is 1960 g/mol. The van der Waals surface area contributed by atoms with Crippen molar-refractivity contribution in [3.63, 3.8) is 0 Å². The minimum absolute atomic E-state index is 0.0354. The van der Waals surface area contributed by atoms with Gasteiger partial charge < -0.3 is 54.1 Å². The largest absolute Gasteiger partial charge is 0.487 e. The highest BCUT2D eigenvalue weighted by molar-refractivity contribution is 5.86. The molecule has 0 aliphatic rings. The molecule has 4 aromatic heterocycles. The van der Waals surface area contributed by atoms with Crippen LogP contribution in [0.3, 0.4) is 0 Å². The molecule has 14 nitrogen and oxygen atoms in total. The molecule has 0 saturated heterocycles. The summed E-state index contributed by atoms with van der Waals surface area (Å²) in [7, 11) is 0. The van der Waals surface area contributed by atoms with E-state index in [-0.39, 0.29) is 70.6 Å². The van der Waals surface area contributed by atoms with Crippen molar-refractivity contribution in [2.45, 2.75) is 139 Å². The van der Waals surface area contributed by atoms with Gasteiger partial charge in [0.2, 0.25) is 0 Å². The fraction of sp³-hybridized carbons (Fsp3) is 0.307. The Morgan fingerprint density at radius 2 is 0.615 bits per heavy atom. The lowest BCUT2D eigenvalue weighted by molar-refractivity contribution is -0.148. The van der Waals surface area contributed by atoms with Gasteiger partial charge in [-0.2, -0.15) is 52.7 Å². The molecule has 0 spiro atoms. The molecule has 0 unspecified atom stereocenters. The minimum atomic E-state index is -4.32. The first-order chi connectivity index (χ1) is 67.7. The van der Waals surface area contributed by atoms with Gasteiger partial charge in [-0.15, -0.1) is 0 Å². The molecule has 0 aliphatic carbocycles. The number of fused-ring (bicyclic) bond motifs is 4. The Morgan fingerprint density at radius 1 is 0.329 bits per heavy atom. The summed E-state index contributed by atoms with van der Waals surface area (Å²) in [6, 6.07) is 54.6. The quantitative estimate of drug-likeness (QED) is 0.0108. The molecule has 0 atom stereocenters. The second-order valence-corrected chi connectivity index (χ2v) is 32.1. The Bertz CT molecular complexity index is 6260. The van der Waals surface area contributed by atoms with Crippen LogP contribution in [0.15, 0.2) is 248 Å². The number of aldehydes is 1. The number of ether oxygens (including phenoxy) is 6. The Kier molecular flexibility index (Phi) is 41.9. The predicted molar refractivity (Wildman–Crippen MR) is 484 cm³/mol. The number of H-pyrrole nitrogens is 4. The van der Waals surface area contributed by atoms with Crippen molar-refractivity contribution in [1.29, 1.82) is 0 Å². The second kappa shape index (κ2) is 53.0. The van der Waals surface area contributed by atoms with E-state index in [4.69, 9.17) is 24.7 Å². The molecular formula is C101H93F28N7O7. The van der Waals surface area contributed by atoms with Gasteiger partial charge in [0.1, 0.15) is 64.1 Å². The van der Waals surface area contributed by atoms with Crippen LogP contribution in [0.5, 0.6) is 34.5 Å². The summed E-state index contributed by atoms with van der Waals surface area (Å²) < 4.78 is 382. The van der Waals surface area contributed by atoms with Crippen LogP contribution in [0.25, 0.3) is 43.6 Å². The summed E-state index contributed by atoms with van der Waals surface area (Å²) in [6.45, 7) is -4.80. The van der Waals surface area contributed by atoms with Gasteiger partial charge in [-0.05, 0) is 254 Å². The van der Waals surface area contributed by atoms with E-state index >= 15 is 0 Å². The average Bonchev–Trinajstić information content (AvgIpc) is 1.70. The number of nitrogens with two attached hydrogens (primary N) is 1. The normalized spacial score (nSPS) is 12.1. The van der Waals surface area contributed by atoms with Crippen LogP contribution >= 0.6 is 0 Å². The van der Waals surface area contributed by atoms with E-state index in [0.29, 0.717) is 72.9 Å². The van der Waals surface area contributed by atoms with Crippen molar-refractivity contribution in [1.82, 2.24) is 24.8 Å². The maximum Gasteiger partial charge on any atom is 0.340 e. The Morgan fingerprint density at radius 3 is 0.958 bits per heavy atom. The van der Waals surface area contributed by atoms with Gasteiger partial charge in [0, 0.05) is 106 Å². The zero-order valence-corrected chi connectivity index (χ0v) is 75.4. The van der Waals surface area contributed by atoms with Gasteiger partial charge in [0.25, 0.3) is 0 Å². The maximum atomic E-state index is 13.6. The van der Waals surface area contributed by atoms with Crippen molar-refractivity contribution in [3.05, 3.63) is 322 Å². The first-order valence-electron chi connectivity index (χ1n) is 43.4. The molecule has 0 fully saturated rings. The fourth-order valence-corrected chi connectivity index (χ4v) is 13.4. The lowest BCUT2D eigenvalue weighted by atomic mass is 10.0. The number of alkyl halides is 24. The van der Waals surface area contributed by atoms with E-state index in [1.165, 1.54) is 140 Å². The van der Waals surface area contributed by atoms with Crippen LogP contribution in [-0.4, -0.2) is 171 Å². The summed E-state index contributed by atoms with van der Waals surface area (Å²) >= 11 is 0. The van der Waals surface area contributed by atoms with Crippen molar-refractivity contribution in [3.8, 4) is 34.5 Å². The Labute approximate surface area is 799 Å². The topological polar surface area (TPSA) is 177 Å². The number of benzene rings is 10. The standard InChI is InChI=1S/C30H27F9N2O2.C21H20F5NO.C20H17F5N2O.C10H8F4O2.C10H10F4O.C10H11FN2/c31-22-7-8-25-21(14-40-26(25)13-22)9-10-41(15-19-3-1-5-23(11-19)42-17-29(36,37)27(32)33)16-20-4-2-6-24(12-20)43-18-30(38,39)28(34)35;22-16-8-9-18-15(12-27-19(18)11-16)6-2-1-4-14-5-3-7-17(10-14)28-13-21(25,26)20(23)24;21-15-4-5-17-14(11-27-18(17)9-15)6-7-26-10-13-2-1-3-16(8-13)28-12-20(24,25)19(22)23;11-9(12)10(13,14)6-16-8-3-1-2-7(4-8)5-15;1-7-3-2-4-8(5-7)15-6-10(13,14)9(11)12;11-8-1-2-9-7(3-4-12)6-13-10(9)5-8/h1-8,11-14,27-28,40H,9-10,15-18H2;3,5,7-12,20,27H,1-2,4,6,13H2;1-5,8-11,19,27H,6-7,12H2;1-5,9H,6H2;2-5,9H,6H2,1H3;1-2,5-6,13H,3-4,12H2. The third-order valence-electron chi connectivity index (χ3n) is 20.8. The Hall–Kier alpha value is -13.5.